The molecule has 0 saturated heterocycles. The van der Waals surface area contributed by atoms with Crippen LogP contribution < -0.4 is 10.6 Å². The Hall–Kier alpha value is -8.40. The molecule has 1 aromatic heterocycles. The summed E-state index contributed by atoms with van der Waals surface area (Å²) in [6, 6.07) is 77.5. The molecule has 0 amide bonds. The highest BCUT2D eigenvalue weighted by molar-refractivity contribution is 6.14. The summed E-state index contributed by atoms with van der Waals surface area (Å²) in [5.74, 6) is 0. The standard InChI is InChI=1S/C70H52N2O/c1-68(2)50-24-9-5-20-45(50)64-55(68)28-16-31-58(64)71-60-33-18-30-57-66(60)47-22-7-12-27-53(47)70(57)52-26-11-4-19-44(52)49-39-42(35-36-54(49)70)43-40-61(67-48-23-8-13-34-62(48)73-63(67)41-43)72-59-32-17-29-56-65(59)46-21-6-10-25-51(46)69(56)37-14-3-15-38-69/h4-13,16-36,39-41,71-72H,3,14-15,37-38H2,1-2H3. The number of nitrogens with one attached hydrogen (secondary N) is 2. The van der Waals surface area contributed by atoms with E-state index in [4.69, 9.17) is 4.42 Å². The zero-order chi connectivity index (χ0) is 48.2. The molecule has 3 nitrogen and oxygen atoms in total. The monoisotopic (exact) mass is 936 g/mol. The van der Waals surface area contributed by atoms with Crippen LogP contribution in [0.2, 0.25) is 0 Å². The SMILES string of the molecule is CC1(C)c2ccccc2-c2c(Nc3cccc4c3-c3ccccc3C43c4ccccc4-c4cc(-c5cc(Nc6cccc7c6-c6ccccc6C76CCCCC6)c6c(c5)oc5ccccc56)ccc43)cccc21. The molecule has 0 radical (unpaired) electrons. The van der Waals surface area contributed by atoms with Crippen molar-refractivity contribution < 1.29 is 4.42 Å². The van der Waals surface area contributed by atoms with E-state index < -0.39 is 5.41 Å². The number of hydrogen-bond donors (Lipinski definition) is 2. The van der Waals surface area contributed by atoms with Crippen LogP contribution in [-0.2, 0) is 16.2 Å². The Morgan fingerprint density at radius 2 is 0.877 bits per heavy atom. The smallest absolute Gasteiger partial charge is 0.138 e. The predicted molar refractivity (Wildman–Crippen MR) is 302 cm³/mol. The molecule has 10 aromatic carbocycles. The van der Waals surface area contributed by atoms with Crippen molar-refractivity contribution >= 4 is 44.7 Å². The zero-order valence-electron chi connectivity index (χ0n) is 41.1. The Balaban J connectivity index is 0.858. The molecule has 0 bridgehead atoms. The third-order valence-corrected chi connectivity index (χ3v) is 18.1. The van der Waals surface area contributed by atoms with Crippen LogP contribution in [0, 0.1) is 0 Å². The Morgan fingerprint density at radius 1 is 0.356 bits per heavy atom. The van der Waals surface area contributed by atoms with Crippen LogP contribution in [0.5, 0.6) is 0 Å². The van der Waals surface area contributed by atoms with Gasteiger partial charge in [-0.15, -0.1) is 0 Å². The van der Waals surface area contributed by atoms with E-state index in [1.807, 2.05) is 0 Å². The molecule has 1 saturated carbocycles. The summed E-state index contributed by atoms with van der Waals surface area (Å²) in [6.45, 7) is 4.71. The van der Waals surface area contributed by atoms with Crippen LogP contribution in [0.25, 0.3) is 77.6 Å². The number of benzene rings is 10. The average molecular weight is 937 g/mol. The Labute approximate surface area is 426 Å². The summed E-state index contributed by atoms with van der Waals surface area (Å²) >= 11 is 0. The van der Waals surface area contributed by atoms with Gasteiger partial charge in [0.2, 0.25) is 0 Å². The van der Waals surface area contributed by atoms with Crippen LogP contribution >= 0.6 is 0 Å². The Morgan fingerprint density at radius 3 is 1.62 bits per heavy atom. The van der Waals surface area contributed by atoms with Crippen molar-refractivity contribution in [2.45, 2.75) is 62.2 Å². The predicted octanol–water partition coefficient (Wildman–Crippen LogP) is 18.6. The van der Waals surface area contributed by atoms with Gasteiger partial charge in [0.05, 0.1) is 16.5 Å². The van der Waals surface area contributed by atoms with Crippen molar-refractivity contribution in [3.05, 3.63) is 251 Å². The molecule has 1 heterocycles. The first kappa shape index (κ1) is 41.2. The van der Waals surface area contributed by atoms with Crippen molar-refractivity contribution in [2.24, 2.45) is 0 Å². The fourth-order valence-corrected chi connectivity index (χ4v) is 15.0. The summed E-state index contributed by atoms with van der Waals surface area (Å²) in [4.78, 5) is 0. The van der Waals surface area contributed by atoms with Gasteiger partial charge in [0.1, 0.15) is 11.2 Å². The molecule has 73 heavy (non-hydrogen) atoms. The van der Waals surface area contributed by atoms with Crippen LogP contribution in [-0.4, -0.2) is 0 Å². The van der Waals surface area contributed by atoms with Crippen LogP contribution in [0.1, 0.15) is 90.5 Å². The fraction of sp³-hybridized carbons (Fsp3) is 0.143. The highest BCUT2D eigenvalue weighted by Crippen LogP contribution is 2.65. The highest BCUT2D eigenvalue weighted by Gasteiger charge is 2.52. The van der Waals surface area contributed by atoms with Gasteiger partial charge in [0, 0.05) is 50.0 Å². The van der Waals surface area contributed by atoms with Crippen LogP contribution in [0.4, 0.5) is 22.7 Å². The minimum absolute atomic E-state index is 0.0736. The maximum atomic E-state index is 6.79. The fourth-order valence-electron chi connectivity index (χ4n) is 15.0. The van der Waals surface area contributed by atoms with E-state index in [9.17, 15) is 0 Å². The van der Waals surface area contributed by atoms with Gasteiger partial charge < -0.3 is 15.1 Å². The average Bonchev–Trinajstić information content (AvgIpc) is 4.19. The second-order valence-electron chi connectivity index (χ2n) is 21.9. The van der Waals surface area contributed by atoms with Crippen LogP contribution in [0.3, 0.4) is 0 Å². The third-order valence-electron chi connectivity index (χ3n) is 18.1. The number of para-hydroxylation sites is 1. The molecule has 3 heteroatoms. The van der Waals surface area contributed by atoms with Crippen molar-refractivity contribution in [2.75, 3.05) is 10.6 Å². The third kappa shape index (κ3) is 5.39. The summed E-state index contributed by atoms with van der Waals surface area (Å²) in [5.41, 5.74) is 29.4. The maximum Gasteiger partial charge on any atom is 0.138 e. The molecule has 5 aliphatic carbocycles. The normalized spacial score (nSPS) is 17.5. The minimum atomic E-state index is -0.504. The number of anilines is 4. The molecule has 348 valence electrons. The van der Waals surface area contributed by atoms with E-state index in [-0.39, 0.29) is 10.8 Å². The summed E-state index contributed by atoms with van der Waals surface area (Å²) in [6.07, 6.45) is 6.25. The Kier molecular flexibility index (Phi) is 8.38. The second-order valence-corrected chi connectivity index (χ2v) is 21.9. The van der Waals surface area contributed by atoms with E-state index in [0.717, 1.165) is 55.8 Å². The highest BCUT2D eigenvalue weighted by atomic mass is 16.3. The lowest BCUT2D eigenvalue weighted by molar-refractivity contribution is 0.353. The maximum absolute atomic E-state index is 6.79. The molecule has 1 atom stereocenters. The molecule has 11 aromatic rings. The first-order valence-corrected chi connectivity index (χ1v) is 26.4. The van der Waals surface area contributed by atoms with Gasteiger partial charge in [0.25, 0.3) is 0 Å². The van der Waals surface area contributed by atoms with E-state index >= 15 is 0 Å². The van der Waals surface area contributed by atoms with Gasteiger partial charge in [0.15, 0.2) is 0 Å². The topological polar surface area (TPSA) is 37.2 Å². The lowest BCUT2D eigenvalue weighted by Crippen LogP contribution is -2.27. The number of furan rings is 1. The molecule has 5 aliphatic rings. The van der Waals surface area contributed by atoms with Gasteiger partial charge in [-0.3, -0.25) is 0 Å². The first-order valence-electron chi connectivity index (χ1n) is 26.4. The molecule has 0 aliphatic heterocycles. The van der Waals surface area contributed by atoms with Crippen molar-refractivity contribution in [3.63, 3.8) is 0 Å². The lowest BCUT2D eigenvalue weighted by atomic mass is 9.68. The van der Waals surface area contributed by atoms with E-state index in [2.05, 4.69) is 231 Å². The number of hydrogen-bond acceptors (Lipinski definition) is 3. The minimum Gasteiger partial charge on any atom is -0.456 e. The van der Waals surface area contributed by atoms with E-state index in [1.165, 1.54) is 121 Å². The van der Waals surface area contributed by atoms with Crippen molar-refractivity contribution in [1.29, 1.82) is 0 Å². The Bertz CT molecular complexity index is 4180. The largest absolute Gasteiger partial charge is 0.456 e. The lowest BCUT2D eigenvalue weighted by Gasteiger charge is -2.36. The summed E-state index contributed by atoms with van der Waals surface area (Å²) < 4.78 is 6.79. The first-order chi connectivity index (χ1) is 35.9. The number of rotatable bonds is 5. The number of fused-ring (bicyclic) bond motifs is 21. The molecular formula is C70H52N2O. The van der Waals surface area contributed by atoms with Gasteiger partial charge in [-0.25, -0.2) is 0 Å². The van der Waals surface area contributed by atoms with E-state index in [0.29, 0.717) is 0 Å². The van der Waals surface area contributed by atoms with E-state index in [1.54, 1.807) is 0 Å². The molecule has 2 spiro atoms. The van der Waals surface area contributed by atoms with Gasteiger partial charge in [-0.2, -0.15) is 0 Å². The summed E-state index contributed by atoms with van der Waals surface area (Å²) in [5, 5.41) is 10.4. The van der Waals surface area contributed by atoms with Gasteiger partial charge >= 0.3 is 0 Å². The molecule has 1 fully saturated rings. The molecule has 1 unspecified atom stereocenters. The van der Waals surface area contributed by atoms with Crippen molar-refractivity contribution in [1.82, 2.24) is 0 Å². The molecular weight excluding hydrogens is 885 g/mol. The van der Waals surface area contributed by atoms with Gasteiger partial charge in [-0.05, 0) is 139 Å². The van der Waals surface area contributed by atoms with Crippen LogP contribution in [0.15, 0.2) is 211 Å². The summed E-state index contributed by atoms with van der Waals surface area (Å²) in [7, 11) is 0. The van der Waals surface area contributed by atoms with Crippen molar-refractivity contribution in [3.8, 4) is 55.6 Å². The molecule has 2 N–H and O–H groups in total. The second kappa shape index (κ2) is 14.8. The molecule has 16 rings (SSSR count). The van der Waals surface area contributed by atoms with Gasteiger partial charge in [-0.1, -0.05) is 197 Å². The quantitative estimate of drug-likeness (QED) is 0.181. The zero-order valence-corrected chi connectivity index (χ0v) is 41.1.